The van der Waals surface area contributed by atoms with Gasteiger partial charge in [0.1, 0.15) is 0 Å². The maximum Gasteiger partial charge on any atom is 0.242 e. The lowest BCUT2D eigenvalue weighted by molar-refractivity contribution is -0.133. The molecular weight excluding hydrogens is 325 g/mol. The van der Waals surface area contributed by atoms with Crippen molar-refractivity contribution in [3.63, 3.8) is 0 Å². The molecule has 1 saturated heterocycles. The van der Waals surface area contributed by atoms with Gasteiger partial charge in [-0.25, -0.2) is 0 Å². The molecule has 2 amide bonds. The molecule has 2 rings (SSSR count). The lowest BCUT2D eigenvalue weighted by Gasteiger charge is -2.25. The van der Waals surface area contributed by atoms with E-state index in [2.05, 4.69) is 5.32 Å². The summed E-state index contributed by atoms with van der Waals surface area (Å²) in [6.07, 6.45) is 2.68. The first-order chi connectivity index (χ1) is 10.1. The fourth-order valence-electron chi connectivity index (χ4n) is 2.64. The van der Waals surface area contributed by atoms with Crippen molar-refractivity contribution in [3.8, 4) is 0 Å². The van der Waals surface area contributed by atoms with Crippen molar-refractivity contribution in [1.29, 1.82) is 0 Å². The molecule has 1 unspecified atom stereocenters. The predicted octanol–water partition coefficient (Wildman–Crippen LogP) is 1.37. The number of likely N-dealkylation sites (tertiary alicyclic amines) is 1. The van der Waals surface area contributed by atoms with Gasteiger partial charge >= 0.3 is 0 Å². The third kappa shape index (κ3) is 4.87. The topological polar surface area (TPSA) is 75.4 Å². The van der Waals surface area contributed by atoms with E-state index in [0.29, 0.717) is 0 Å². The van der Waals surface area contributed by atoms with Crippen LogP contribution in [0.15, 0.2) is 24.3 Å². The van der Waals surface area contributed by atoms with E-state index < -0.39 is 0 Å². The Bertz CT molecular complexity index is 525. The second-order valence-electron chi connectivity index (χ2n) is 5.16. The number of nitrogens with zero attached hydrogens (tertiary/aromatic N) is 1. The number of benzene rings is 1. The molecule has 22 heavy (non-hydrogen) atoms. The minimum absolute atomic E-state index is 0. The number of carbonyl (C=O) groups excluding carboxylic acids is 2. The Balaban J connectivity index is 0.00000242. The first-order valence-corrected chi connectivity index (χ1v) is 7.49. The Hall–Kier alpha value is -1.30. The van der Waals surface area contributed by atoms with Crippen LogP contribution in [-0.2, 0) is 16.0 Å². The molecule has 3 N–H and O–H groups in total. The molecule has 1 heterocycles. The highest BCUT2D eigenvalue weighted by Crippen LogP contribution is 2.24. The van der Waals surface area contributed by atoms with Gasteiger partial charge in [0.05, 0.1) is 13.1 Å². The standard InChI is InChI=1S/C15H20ClN3O2.ClH/c16-13-6-2-1-4-11(13)8-12-5-3-7-19(12)15(21)10-18-14(20)9-17;/h1-2,4,6,12H,3,5,7-10,17H2,(H,18,20);1H. The van der Waals surface area contributed by atoms with E-state index in [1.165, 1.54) is 0 Å². The van der Waals surface area contributed by atoms with Crippen LogP contribution >= 0.6 is 24.0 Å². The molecule has 0 aromatic heterocycles. The number of amides is 2. The van der Waals surface area contributed by atoms with Gasteiger partial charge in [-0.15, -0.1) is 12.4 Å². The molecule has 1 aromatic rings. The molecule has 0 radical (unpaired) electrons. The molecule has 1 aliphatic rings. The number of rotatable bonds is 5. The van der Waals surface area contributed by atoms with Gasteiger partial charge in [-0.1, -0.05) is 29.8 Å². The van der Waals surface area contributed by atoms with Crippen molar-refractivity contribution in [1.82, 2.24) is 10.2 Å². The lowest BCUT2D eigenvalue weighted by Crippen LogP contribution is -2.44. The number of hydrogen-bond acceptors (Lipinski definition) is 3. The summed E-state index contributed by atoms with van der Waals surface area (Å²) in [7, 11) is 0. The van der Waals surface area contributed by atoms with Crippen molar-refractivity contribution >= 4 is 35.8 Å². The maximum atomic E-state index is 12.2. The Morgan fingerprint density at radius 3 is 2.77 bits per heavy atom. The first kappa shape index (κ1) is 18.7. The van der Waals surface area contributed by atoms with Crippen molar-refractivity contribution in [2.75, 3.05) is 19.6 Å². The molecule has 1 fully saturated rings. The fraction of sp³-hybridized carbons (Fsp3) is 0.467. The minimum Gasteiger partial charge on any atom is -0.346 e. The first-order valence-electron chi connectivity index (χ1n) is 7.11. The molecule has 1 aliphatic heterocycles. The van der Waals surface area contributed by atoms with E-state index in [4.69, 9.17) is 17.3 Å². The highest BCUT2D eigenvalue weighted by molar-refractivity contribution is 6.31. The summed E-state index contributed by atoms with van der Waals surface area (Å²) in [5, 5.41) is 3.25. The monoisotopic (exact) mass is 345 g/mol. The van der Waals surface area contributed by atoms with Gasteiger partial charge in [-0.3, -0.25) is 9.59 Å². The number of carbonyl (C=O) groups is 2. The normalized spacial score (nSPS) is 17.0. The fourth-order valence-corrected chi connectivity index (χ4v) is 2.85. The average Bonchev–Trinajstić information content (AvgIpc) is 2.95. The van der Waals surface area contributed by atoms with E-state index in [1.807, 2.05) is 29.2 Å². The lowest BCUT2D eigenvalue weighted by atomic mass is 10.0. The van der Waals surface area contributed by atoms with Crippen LogP contribution in [0.5, 0.6) is 0 Å². The summed E-state index contributed by atoms with van der Waals surface area (Å²) in [6.45, 7) is 0.637. The van der Waals surface area contributed by atoms with Crippen molar-refractivity contribution in [3.05, 3.63) is 34.9 Å². The summed E-state index contributed by atoms with van der Waals surface area (Å²) >= 11 is 6.18. The predicted molar refractivity (Wildman–Crippen MR) is 89.2 cm³/mol. The van der Waals surface area contributed by atoms with Crippen LogP contribution in [0.25, 0.3) is 0 Å². The van der Waals surface area contributed by atoms with Crippen LogP contribution in [0.2, 0.25) is 5.02 Å². The molecule has 1 atom stereocenters. The molecule has 122 valence electrons. The van der Waals surface area contributed by atoms with Crippen LogP contribution < -0.4 is 11.1 Å². The van der Waals surface area contributed by atoms with Crippen LogP contribution in [0.3, 0.4) is 0 Å². The second-order valence-corrected chi connectivity index (χ2v) is 5.57. The summed E-state index contributed by atoms with van der Waals surface area (Å²) in [6, 6.07) is 7.83. The van der Waals surface area contributed by atoms with Crippen LogP contribution in [0.1, 0.15) is 18.4 Å². The SMILES string of the molecule is Cl.NCC(=O)NCC(=O)N1CCCC1Cc1ccccc1Cl. The molecule has 5 nitrogen and oxygen atoms in total. The summed E-state index contributed by atoms with van der Waals surface area (Å²) in [5.74, 6) is -0.378. The molecule has 0 aliphatic carbocycles. The molecule has 0 saturated carbocycles. The van der Waals surface area contributed by atoms with Crippen molar-refractivity contribution in [2.45, 2.75) is 25.3 Å². The van der Waals surface area contributed by atoms with Crippen LogP contribution in [0.4, 0.5) is 0 Å². The van der Waals surface area contributed by atoms with E-state index in [9.17, 15) is 9.59 Å². The van der Waals surface area contributed by atoms with Gasteiger partial charge in [-0.05, 0) is 30.9 Å². The van der Waals surface area contributed by atoms with E-state index in [0.717, 1.165) is 36.4 Å². The Kier molecular flexibility index (Phi) is 7.65. The summed E-state index contributed by atoms with van der Waals surface area (Å²) in [4.78, 5) is 25.1. The second kappa shape index (κ2) is 8.98. The minimum atomic E-state index is -0.315. The Labute approximate surface area is 141 Å². The smallest absolute Gasteiger partial charge is 0.242 e. The zero-order valence-corrected chi connectivity index (χ0v) is 13.8. The zero-order chi connectivity index (χ0) is 15.2. The molecule has 0 spiro atoms. The van der Waals surface area contributed by atoms with Crippen molar-refractivity contribution < 1.29 is 9.59 Å². The van der Waals surface area contributed by atoms with Gasteiger partial charge in [0.2, 0.25) is 11.8 Å². The van der Waals surface area contributed by atoms with E-state index >= 15 is 0 Å². The van der Waals surface area contributed by atoms with Gasteiger partial charge in [0, 0.05) is 17.6 Å². The average molecular weight is 346 g/mol. The third-order valence-electron chi connectivity index (χ3n) is 3.73. The van der Waals surface area contributed by atoms with E-state index in [-0.39, 0.29) is 43.4 Å². The maximum absolute atomic E-state index is 12.2. The Morgan fingerprint density at radius 2 is 2.09 bits per heavy atom. The summed E-state index contributed by atoms with van der Waals surface area (Å²) < 4.78 is 0. The molecular formula is C15H21Cl2N3O2. The van der Waals surface area contributed by atoms with Crippen LogP contribution in [0, 0.1) is 0 Å². The van der Waals surface area contributed by atoms with Gasteiger partial charge in [0.15, 0.2) is 0 Å². The van der Waals surface area contributed by atoms with Gasteiger partial charge in [0.25, 0.3) is 0 Å². The molecule has 7 heteroatoms. The quantitative estimate of drug-likeness (QED) is 0.846. The third-order valence-corrected chi connectivity index (χ3v) is 4.10. The largest absolute Gasteiger partial charge is 0.346 e. The van der Waals surface area contributed by atoms with Crippen molar-refractivity contribution in [2.24, 2.45) is 5.73 Å². The van der Waals surface area contributed by atoms with Gasteiger partial charge < -0.3 is 16.0 Å². The number of hydrogen-bond donors (Lipinski definition) is 2. The number of nitrogens with two attached hydrogens (primary N) is 1. The summed E-state index contributed by atoms with van der Waals surface area (Å²) in [5.41, 5.74) is 6.26. The van der Waals surface area contributed by atoms with Gasteiger partial charge in [-0.2, -0.15) is 0 Å². The number of nitrogens with one attached hydrogen (secondary N) is 1. The molecule has 1 aromatic carbocycles. The zero-order valence-electron chi connectivity index (χ0n) is 12.3. The Morgan fingerprint density at radius 1 is 1.36 bits per heavy atom. The number of halogens is 2. The van der Waals surface area contributed by atoms with Crippen LogP contribution in [-0.4, -0.2) is 42.4 Å². The molecule has 0 bridgehead atoms. The highest BCUT2D eigenvalue weighted by Gasteiger charge is 2.29. The highest BCUT2D eigenvalue weighted by atomic mass is 35.5. The van der Waals surface area contributed by atoms with E-state index in [1.54, 1.807) is 0 Å².